The Hall–Kier alpha value is -8.14. The second-order valence-corrected chi connectivity index (χ2v) is 19.1. The Morgan fingerprint density at radius 2 is 0.623 bits per heavy atom. The van der Waals surface area contributed by atoms with Crippen LogP contribution >= 0.6 is 0 Å². The van der Waals surface area contributed by atoms with Crippen molar-refractivity contribution in [3.63, 3.8) is 0 Å². The first-order chi connectivity index (χ1) is 34.2. The molecule has 0 aromatic heterocycles. The molecule has 3 heterocycles. The molecule has 9 aromatic rings. The van der Waals surface area contributed by atoms with E-state index >= 15 is 0 Å². The highest BCUT2D eigenvalue weighted by Crippen LogP contribution is 2.46. The van der Waals surface area contributed by atoms with E-state index in [4.69, 9.17) is 0 Å². The minimum atomic E-state index is 0.276. The molecule has 0 saturated carbocycles. The van der Waals surface area contributed by atoms with Gasteiger partial charge in [0.15, 0.2) is 0 Å². The minimum absolute atomic E-state index is 0.276. The number of allylic oxidation sites excluding steroid dienone is 2. The van der Waals surface area contributed by atoms with Gasteiger partial charge in [0, 0.05) is 51.4 Å². The number of hydrogen-bond donors (Lipinski definition) is 0. The highest BCUT2D eigenvalue weighted by molar-refractivity contribution is 5.87. The Bertz CT molecular complexity index is 3160. The maximum absolute atomic E-state index is 2.57. The molecule has 0 radical (unpaired) electrons. The summed E-state index contributed by atoms with van der Waals surface area (Å²) in [5, 5.41) is 0. The van der Waals surface area contributed by atoms with Crippen LogP contribution in [0.2, 0.25) is 0 Å². The average molecular weight is 888 g/mol. The monoisotopic (exact) mass is 887 g/mol. The quantitative estimate of drug-likeness (QED) is 0.165. The fourth-order valence-electron chi connectivity index (χ4n) is 11.6. The molecule has 332 valence electrons. The molecule has 13 rings (SSSR count). The van der Waals surface area contributed by atoms with Crippen molar-refractivity contribution in [2.75, 3.05) is 14.7 Å². The summed E-state index contributed by atoms with van der Waals surface area (Å²) in [4.78, 5) is 7.49. The molecule has 3 nitrogen and oxygen atoms in total. The fourth-order valence-corrected chi connectivity index (χ4v) is 11.6. The van der Waals surface area contributed by atoms with Gasteiger partial charge in [-0.1, -0.05) is 152 Å². The number of rotatable bonds is 6. The molecular weight excluding hydrogens is 835 g/mol. The maximum atomic E-state index is 2.57. The summed E-state index contributed by atoms with van der Waals surface area (Å²) < 4.78 is 0. The van der Waals surface area contributed by atoms with Crippen molar-refractivity contribution in [3.8, 4) is 33.4 Å². The SMILES string of the molecule is C1=CC2CCc3ccccc3N(c3ccc(-c4cc(-c5ccc(N6c7ccccc7CCc7ccccc76)cc5)cc(-c5ccc(N6c7ccccc7CCc7ccccc76)cc5)c4)cc3)C2C=C1. The second kappa shape index (κ2) is 17.5. The molecule has 2 atom stereocenters. The number of aryl methyl sites for hydroxylation is 5. The third-order valence-corrected chi connectivity index (χ3v) is 15.1. The second-order valence-electron chi connectivity index (χ2n) is 19.1. The van der Waals surface area contributed by atoms with Crippen molar-refractivity contribution in [1.82, 2.24) is 0 Å². The highest BCUT2D eigenvalue weighted by Gasteiger charge is 2.31. The fraction of sp³-hybridized carbons (Fsp3) is 0.121. The van der Waals surface area contributed by atoms with Gasteiger partial charge in [-0.05, 0) is 185 Å². The van der Waals surface area contributed by atoms with Gasteiger partial charge in [0.1, 0.15) is 0 Å². The molecule has 0 amide bonds. The Kier molecular flexibility index (Phi) is 10.4. The summed E-state index contributed by atoms with van der Waals surface area (Å²) in [5.74, 6) is 0.465. The van der Waals surface area contributed by atoms with Crippen molar-refractivity contribution in [2.24, 2.45) is 5.92 Å². The van der Waals surface area contributed by atoms with Crippen LogP contribution in [0.4, 0.5) is 45.5 Å². The zero-order chi connectivity index (χ0) is 45.7. The Labute approximate surface area is 406 Å². The molecule has 3 aliphatic heterocycles. The lowest BCUT2D eigenvalue weighted by atomic mass is 9.90. The van der Waals surface area contributed by atoms with E-state index in [0.717, 1.165) is 38.5 Å². The van der Waals surface area contributed by atoms with E-state index in [2.05, 4.69) is 251 Å². The van der Waals surface area contributed by atoms with E-state index in [1.807, 2.05) is 0 Å². The molecule has 69 heavy (non-hydrogen) atoms. The molecule has 0 saturated heterocycles. The molecule has 9 aromatic carbocycles. The summed E-state index contributed by atoms with van der Waals surface area (Å²) in [6.07, 6.45) is 15.6. The van der Waals surface area contributed by atoms with Crippen LogP contribution in [0.3, 0.4) is 0 Å². The summed E-state index contributed by atoms with van der Waals surface area (Å²) >= 11 is 0. The normalized spacial score (nSPS) is 16.7. The molecule has 3 heteroatoms. The van der Waals surface area contributed by atoms with Crippen LogP contribution in [0.1, 0.15) is 34.2 Å². The lowest BCUT2D eigenvalue weighted by Crippen LogP contribution is -2.35. The van der Waals surface area contributed by atoms with Crippen molar-refractivity contribution in [1.29, 1.82) is 0 Å². The van der Waals surface area contributed by atoms with Crippen molar-refractivity contribution in [2.45, 2.75) is 44.6 Å². The Morgan fingerprint density at radius 1 is 0.290 bits per heavy atom. The van der Waals surface area contributed by atoms with Gasteiger partial charge in [-0.2, -0.15) is 0 Å². The Balaban J connectivity index is 0.904. The zero-order valence-electron chi connectivity index (χ0n) is 38.8. The van der Waals surface area contributed by atoms with Gasteiger partial charge < -0.3 is 14.7 Å². The highest BCUT2D eigenvalue weighted by atomic mass is 15.2. The van der Waals surface area contributed by atoms with E-state index in [9.17, 15) is 0 Å². The molecule has 2 unspecified atom stereocenters. The molecule has 0 bridgehead atoms. The molecule has 0 fully saturated rings. The summed E-state index contributed by atoms with van der Waals surface area (Å²) in [5.41, 5.74) is 24.0. The number of benzene rings is 9. The van der Waals surface area contributed by atoms with Gasteiger partial charge >= 0.3 is 0 Å². The van der Waals surface area contributed by atoms with Crippen LogP contribution in [0.5, 0.6) is 0 Å². The summed E-state index contributed by atoms with van der Waals surface area (Å²) in [7, 11) is 0. The summed E-state index contributed by atoms with van der Waals surface area (Å²) in [6, 6.07) is 79.8. The molecular formula is C66H53N3. The van der Waals surface area contributed by atoms with E-state index in [1.165, 1.54) is 107 Å². The predicted octanol–water partition coefficient (Wildman–Crippen LogP) is 17.0. The average Bonchev–Trinajstić information content (AvgIpc) is 3.78. The van der Waals surface area contributed by atoms with Crippen molar-refractivity contribution < 1.29 is 0 Å². The smallest absolute Gasteiger partial charge is 0.0588 e. The number of anilines is 8. The third kappa shape index (κ3) is 7.56. The number of nitrogens with zero attached hydrogens (tertiary/aromatic N) is 3. The standard InChI is InChI=1S/C66H53N3/c1-7-19-61-49(13-1)25-26-50-14-2-8-20-62(50)67(61)58-37-31-46(32-38-58)55-43-56(47-33-39-59(40-34-47)68-63-21-9-3-15-51(63)27-28-52-16-4-10-22-64(52)68)45-57(44-55)48-35-41-60(42-36-48)69-65-23-11-5-17-53(65)29-30-54-18-6-12-24-66(54)69/h1-24,31-45,49,61H,25-30H2. The van der Waals surface area contributed by atoms with E-state index < -0.39 is 0 Å². The van der Waals surface area contributed by atoms with Gasteiger partial charge in [-0.15, -0.1) is 0 Å². The van der Waals surface area contributed by atoms with Crippen LogP contribution in [0, 0.1) is 5.92 Å². The molecule has 1 aliphatic carbocycles. The van der Waals surface area contributed by atoms with Gasteiger partial charge in [-0.3, -0.25) is 0 Å². The van der Waals surface area contributed by atoms with E-state index in [1.54, 1.807) is 0 Å². The Morgan fingerprint density at radius 3 is 1.03 bits per heavy atom. The van der Waals surface area contributed by atoms with E-state index in [-0.39, 0.29) is 6.04 Å². The first kappa shape index (κ1) is 41.1. The van der Waals surface area contributed by atoms with Crippen LogP contribution < -0.4 is 14.7 Å². The maximum Gasteiger partial charge on any atom is 0.0588 e. The van der Waals surface area contributed by atoms with Gasteiger partial charge in [0.25, 0.3) is 0 Å². The predicted molar refractivity (Wildman–Crippen MR) is 289 cm³/mol. The largest absolute Gasteiger partial charge is 0.334 e. The zero-order valence-corrected chi connectivity index (χ0v) is 38.8. The number of hydrogen-bond acceptors (Lipinski definition) is 3. The van der Waals surface area contributed by atoms with Gasteiger partial charge in [0.2, 0.25) is 0 Å². The topological polar surface area (TPSA) is 9.72 Å². The van der Waals surface area contributed by atoms with Crippen LogP contribution in [0.15, 0.2) is 237 Å². The van der Waals surface area contributed by atoms with E-state index in [0.29, 0.717) is 5.92 Å². The first-order valence-corrected chi connectivity index (χ1v) is 24.8. The molecule has 4 aliphatic rings. The number of para-hydroxylation sites is 5. The lowest BCUT2D eigenvalue weighted by molar-refractivity contribution is 0.535. The lowest BCUT2D eigenvalue weighted by Gasteiger charge is -2.36. The number of fused-ring (bicyclic) bond motifs is 6. The van der Waals surface area contributed by atoms with Crippen LogP contribution in [-0.4, -0.2) is 6.04 Å². The molecule has 0 spiro atoms. The van der Waals surface area contributed by atoms with Gasteiger partial charge in [-0.25, -0.2) is 0 Å². The van der Waals surface area contributed by atoms with Crippen molar-refractivity contribution in [3.05, 3.63) is 264 Å². The molecule has 0 N–H and O–H groups in total. The van der Waals surface area contributed by atoms with Crippen LogP contribution in [0.25, 0.3) is 33.4 Å². The minimum Gasteiger partial charge on any atom is -0.334 e. The van der Waals surface area contributed by atoms with Gasteiger partial charge in [0.05, 0.1) is 6.04 Å². The first-order valence-electron chi connectivity index (χ1n) is 24.8. The van der Waals surface area contributed by atoms with Crippen molar-refractivity contribution >= 4 is 45.5 Å². The third-order valence-electron chi connectivity index (χ3n) is 15.1. The van der Waals surface area contributed by atoms with Crippen LogP contribution in [-0.2, 0) is 32.1 Å². The summed E-state index contributed by atoms with van der Waals surface area (Å²) in [6.45, 7) is 0.